The minimum atomic E-state index is 0.521. The first kappa shape index (κ1) is 27.2. The second kappa shape index (κ2) is 15.6. The smallest absolute Gasteiger partial charge is 0.234 e. The van der Waals surface area contributed by atoms with E-state index in [1.54, 1.807) is 0 Å². The van der Waals surface area contributed by atoms with Gasteiger partial charge in [-0.2, -0.15) is 0 Å². The van der Waals surface area contributed by atoms with Crippen molar-refractivity contribution in [2.24, 2.45) is 0 Å². The molecule has 1 atom stereocenters. The second-order valence-corrected chi connectivity index (χ2v) is 10.4. The number of aryl methyl sites for hydroxylation is 1. The van der Waals surface area contributed by atoms with Crippen molar-refractivity contribution < 1.29 is 4.57 Å². The molecule has 2 aromatic carbocycles. The molecule has 0 aliphatic rings. The molecule has 1 heterocycles. The van der Waals surface area contributed by atoms with Crippen LogP contribution >= 0.6 is 0 Å². The van der Waals surface area contributed by atoms with Crippen molar-refractivity contribution >= 4 is 0 Å². The van der Waals surface area contributed by atoms with Crippen LogP contribution in [0.3, 0.4) is 0 Å². The maximum absolute atomic E-state index is 2.70. The van der Waals surface area contributed by atoms with E-state index in [1.807, 2.05) is 0 Å². The number of hydrogen-bond donors (Lipinski definition) is 0. The van der Waals surface area contributed by atoms with Gasteiger partial charge in [-0.05, 0) is 42.7 Å². The lowest BCUT2D eigenvalue weighted by Gasteiger charge is -2.12. The Morgan fingerprint density at radius 2 is 1.31 bits per heavy atom. The van der Waals surface area contributed by atoms with Gasteiger partial charge in [0.2, 0.25) is 0 Å². The maximum atomic E-state index is 2.70. The summed E-state index contributed by atoms with van der Waals surface area (Å²) in [5, 5.41) is 0. The molecule has 0 saturated carbocycles. The van der Waals surface area contributed by atoms with Crippen LogP contribution in [0.2, 0.25) is 0 Å². The van der Waals surface area contributed by atoms with Crippen molar-refractivity contribution in [3.63, 3.8) is 0 Å². The van der Waals surface area contributed by atoms with Crippen molar-refractivity contribution in [1.29, 1.82) is 0 Å². The third-order valence-corrected chi connectivity index (χ3v) is 7.37. The average Bonchev–Trinajstić information content (AvgIpc) is 3.20. The van der Waals surface area contributed by atoms with Crippen LogP contribution in [-0.2, 0) is 25.9 Å². The zero-order valence-corrected chi connectivity index (χ0v) is 22.7. The van der Waals surface area contributed by atoms with Gasteiger partial charge < -0.3 is 0 Å². The minimum Gasteiger partial charge on any atom is -0.234 e. The number of unbranched alkanes of at least 4 members (excludes halogenated alkanes) is 8. The lowest BCUT2D eigenvalue weighted by atomic mass is 9.96. The van der Waals surface area contributed by atoms with Crippen LogP contribution in [0, 0.1) is 0 Å². The molecule has 1 aromatic heterocycles. The van der Waals surface area contributed by atoms with Gasteiger partial charge in [0.25, 0.3) is 5.82 Å². The van der Waals surface area contributed by atoms with Crippen molar-refractivity contribution in [2.75, 3.05) is 0 Å². The molecular formula is C33H49N2+. The summed E-state index contributed by atoms with van der Waals surface area (Å²) in [5.74, 6) is 2.02. The van der Waals surface area contributed by atoms with Crippen LogP contribution in [0.15, 0.2) is 66.9 Å². The number of hydrogen-bond acceptors (Lipinski definition) is 0. The van der Waals surface area contributed by atoms with Gasteiger partial charge in [0, 0.05) is 6.42 Å². The Morgan fingerprint density at radius 3 is 2.00 bits per heavy atom. The zero-order chi connectivity index (χ0) is 24.7. The van der Waals surface area contributed by atoms with Crippen LogP contribution < -0.4 is 4.57 Å². The number of rotatable bonds is 17. The monoisotopic (exact) mass is 473 g/mol. The molecule has 0 fully saturated rings. The predicted octanol–water partition coefficient (Wildman–Crippen LogP) is 8.65. The van der Waals surface area contributed by atoms with Crippen molar-refractivity contribution in [1.82, 2.24) is 4.57 Å². The Balaban J connectivity index is 1.85. The summed E-state index contributed by atoms with van der Waals surface area (Å²) in [5.41, 5.74) is 4.37. The molecule has 0 spiro atoms. The van der Waals surface area contributed by atoms with Crippen LogP contribution in [-0.4, -0.2) is 4.57 Å². The number of aromatic nitrogens is 2. The largest absolute Gasteiger partial charge is 0.261 e. The standard InChI is InChI=1S/C33H49N2/c1-4-6-8-10-11-19-25-35-32(26-29(3)31-22-16-13-17-23-31)28-34(24-18-9-7-5-2)33(35)27-30-20-14-12-15-21-30/h12-17,20-23,28-29H,4-11,18-19,24-27H2,1-3H3/q+1. The molecule has 1 unspecified atom stereocenters. The topological polar surface area (TPSA) is 8.81 Å². The summed E-state index contributed by atoms with van der Waals surface area (Å²) in [7, 11) is 0. The van der Waals surface area contributed by atoms with E-state index in [0.29, 0.717) is 5.92 Å². The second-order valence-electron chi connectivity index (χ2n) is 10.4. The van der Waals surface area contributed by atoms with E-state index in [1.165, 1.54) is 86.9 Å². The third kappa shape index (κ3) is 8.98. The van der Waals surface area contributed by atoms with E-state index in [9.17, 15) is 0 Å². The lowest BCUT2D eigenvalue weighted by molar-refractivity contribution is -0.704. The van der Waals surface area contributed by atoms with Gasteiger partial charge in [0.05, 0.1) is 19.5 Å². The Morgan fingerprint density at radius 1 is 0.714 bits per heavy atom. The van der Waals surface area contributed by atoms with Crippen LogP contribution in [0.4, 0.5) is 0 Å². The molecule has 35 heavy (non-hydrogen) atoms. The third-order valence-electron chi connectivity index (χ3n) is 7.37. The minimum absolute atomic E-state index is 0.521. The molecule has 190 valence electrons. The van der Waals surface area contributed by atoms with Crippen molar-refractivity contribution in [3.8, 4) is 0 Å². The SMILES string of the molecule is CCCCCCCCn1c(CC(C)c2ccccc2)c[n+](CCCCCC)c1Cc1ccccc1. The highest BCUT2D eigenvalue weighted by atomic mass is 15.2. The fourth-order valence-electron chi connectivity index (χ4n) is 5.22. The summed E-state index contributed by atoms with van der Waals surface area (Å²) in [4.78, 5) is 0. The number of nitrogens with zero attached hydrogens (tertiary/aromatic N) is 2. The molecule has 0 bridgehead atoms. The highest BCUT2D eigenvalue weighted by Crippen LogP contribution is 2.22. The fourth-order valence-corrected chi connectivity index (χ4v) is 5.22. The van der Waals surface area contributed by atoms with Gasteiger partial charge in [0.1, 0.15) is 11.9 Å². The molecule has 0 amide bonds. The molecular weight excluding hydrogens is 424 g/mol. The van der Waals surface area contributed by atoms with Gasteiger partial charge in [-0.1, -0.05) is 120 Å². The Kier molecular flexibility index (Phi) is 12.1. The van der Waals surface area contributed by atoms with Gasteiger partial charge in [-0.25, -0.2) is 9.13 Å². The van der Waals surface area contributed by atoms with E-state index < -0.39 is 0 Å². The van der Waals surface area contributed by atoms with E-state index in [2.05, 4.69) is 96.8 Å². The Hall–Kier alpha value is -2.35. The number of benzene rings is 2. The quantitative estimate of drug-likeness (QED) is 0.137. The van der Waals surface area contributed by atoms with Gasteiger partial charge in [0.15, 0.2) is 0 Å². The Bertz CT molecular complexity index is 942. The first-order valence-corrected chi connectivity index (χ1v) is 14.4. The fraction of sp³-hybridized carbons (Fsp3) is 0.545. The maximum Gasteiger partial charge on any atom is 0.261 e. The van der Waals surface area contributed by atoms with E-state index in [-0.39, 0.29) is 0 Å². The summed E-state index contributed by atoms with van der Waals surface area (Å²) in [6, 6.07) is 22.1. The zero-order valence-electron chi connectivity index (χ0n) is 22.7. The molecule has 0 saturated heterocycles. The summed E-state index contributed by atoms with van der Waals surface area (Å²) >= 11 is 0. The molecule has 2 nitrogen and oxygen atoms in total. The first-order valence-electron chi connectivity index (χ1n) is 14.4. The average molecular weight is 474 g/mol. The molecule has 0 N–H and O–H groups in total. The van der Waals surface area contributed by atoms with Crippen LogP contribution in [0.25, 0.3) is 0 Å². The molecule has 0 aliphatic heterocycles. The highest BCUT2D eigenvalue weighted by Gasteiger charge is 2.25. The van der Waals surface area contributed by atoms with Crippen LogP contribution in [0.1, 0.15) is 114 Å². The highest BCUT2D eigenvalue weighted by molar-refractivity contribution is 5.22. The predicted molar refractivity (Wildman–Crippen MR) is 150 cm³/mol. The number of imidazole rings is 1. The van der Waals surface area contributed by atoms with E-state index >= 15 is 0 Å². The van der Waals surface area contributed by atoms with E-state index in [0.717, 1.165) is 25.9 Å². The van der Waals surface area contributed by atoms with Crippen molar-refractivity contribution in [3.05, 3.63) is 89.5 Å². The molecule has 0 radical (unpaired) electrons. The Labute approximate surface area is 215 Å². The molecule has 3 aromatic rings. The van der Waals surface area contributed by atoms with Crippen LogP contribution in [0.5, 0.6) is 0 Å². The van der Waals surface area contributed by atoms with Gasteiger partial charge in [-0.15, -0.1) is 0 Å². The van der Waals surface area contributed by atoms with Crippen molar-refractivity contribution in [2.45, 2.75) is 117 Å². The van der Waals surface area contributed by atoms with E-state index in [4.69, 9.17) is 0 Å². The van der Waals surface area contributed by atoms with Gasteiger partial charge in [-0.3, -0.25) is 0 Å². The molecule has 3 rings (SSSR count). The normalized spacial score (nSPS) is 12.2. The van der Waals surface area contributed by atoms with Gasteiger partial charge >= 0.3 is 0 Å². The summed E-state index contributed by atoms with van der Waals surface area (Å²) in [6.07, 6.45) is 17.9. The first-order chi connectivity index (χ1) is 17.2. The summed E-state index contributed by atoms with van der Waals surface area (Å²) < 4.78 is 5.30. The summed E-state index contributed by atoms with van der Waals surface area (Å²) in [6.45, 7) is 9.27. The molecule has 0 aliphatic carbocycles. The molecule has 2 heteroatoms. The lowest BCUT2D eigenvalue weighted by Crippen LogP contribution is -2.37.